The van der Waals surface area contributed by atoms with Crippen LogP contribution in [0.2, 0.25) is 0 Å². The molecule has 0 saturated heterocycles. The molecule has 0 fully saturated rings. The second kappa shape index (κ2) is 6.27. The summed E-state index contributed by atoms with van der Waals surface area (Å²) in [4.78, 5) is 14.8. The molecular weight excluding hydrogens is 303 g/mol. The molecule has 0 unspecified atom stereocenters. The summed E-state index contributed by atoms with van der Waals surface area (Å²) < 4.78 is 24.1. The molecule has 0 aliphatic rings. The van der Waals surface area contributed by atoms with Crippen molar-refractivity contribution in [3.05, 3.63) is 54.3 Å². The lowest BCUT2D eigenvalue weighted by Gasteiger charge is -2.06. The van der Waals surface area contributed by atoms with Crippen molar-refractivity contribution in [2.24, 2.45) is 0 Å². The van der Waals surface area contributed by atoms with Gasteiger partial charge in [-0.3, -0.25) is 0 Å². The molecule has 1 aromatic heterocycles. The number of hydrogen-bond acceptors (Lipinski definition) is 5. The molecule has 1 heterocycles. The minimum absolute atomic E-state index is 0.103. The molecule has 1 N–H and O–H groups in total. The molecule has 2 aromatic carbocycles. The lowest BCUT2D eigenvalue weighted by atomic mass is 10.2. The first-order chi connectivity index (χ1) is 11.1. The number of aliphatic carboxylic acids is 1. The summed E-state index contributed by atoms with van der Waals surface area (Å²) in [6, 6.07) is 12.7. The number of aromatic nitrogens is 2. The summed E-state index contributed by atoms with van der Waals surface area (Å²) >= 11 is 0. The van der Waals surface area contributed by atoms with Gasteiger partial charge in [-0.25, -0.2) is 9.18 Å². The number of carboxylic acids is 1. The van der Waals surface area contributed by atoms with Crippen LogP contribution in [0.1, 0.15) is 0 Å². The maximum Gasteiger partial charge on any atom is 0.341 e. The van der Waals surface area contributed by atoms with Gasteiger partial charge in [-0.1, -0.05) is 29.4 Å². The number of halogens is 1. The Morgan fingerprint density at radius 2 is 1.83 bits per heavy atom. The Kier molecular flexibility index (Phi) is 4.01. The van der Waals surface area contributed by atoms with Crippen LogP contribution in [0.3, 0.4) is 0 Å². The third-order valence-electron chi connectivity index (χ3n) is 3.01. The molecule has 0 atom stereocenters. The van der Waals surface area contributed by atoms with Gasteiger partial charge in [0.1, 0.15) is 11.6 Å². The van der Waals surface area contributed by atoms with Gasteiger partial charge >= 0.3 is 5.97 Å². The van der Waals surface area contributed by atoms with Gasteiger partial charge in [0.05, 0.1) is 11.1 Å². The first-order valence-electron chi connectivity index (χ1n) is 6.68. The minimum atomic E-state index is -1.10. The first-order valence-corrected chi connectivity index (χ1v) is 6.68. The van der Waals surface area contributed by atoms with Crippen molar-refractivity contribution in [3.8, 4) is 28.6 Å². The second-order valence-corrected chi connectivity index (χ2v) is 4.58. The maximum absolute atomic E-state index is 13.8. The van der Waals surface area contributed by atoms with E-state index in [4.69, 9.17) is 14.4 Å². The topological polar surface area (TPSA) is 85.5 Å². The summed E-state index contributed by atoms with van der Waals surface area (Å²) in [5.74, 6) is -1.05. The highest BCUT2D eigenvalue weighted by Gasteiger charge is 2.17. The molecule has 6 nitrogen and oxygen atoms in total. The second-order valence-electron chi connectivity index (χ2n) is 4.58. The molecule has 0 spiro atoms. The van der Waals surface area contributed by atoms with Gasteiger partial charge in [-0.05, 0) is 24.3 Å². The predicted octanol–water partition coefficient (Wildman–Crippen LogP) is 3.01. The smallest absolute Gasteiger partial charge is 0.341 e. The lowest BCUT2D eigenvalue weighted by molar-refractivity contribution is -0.139. The molecule has 116 valence electrons. The Hall–Kier alpha value is -3.22. The van der Waals surface area contributed by atoms with E-state index in [-0.39, 0.29) is 17.3 Å². The van der Waals surface area contributed by atoms with E-state index < -0.39 is 18.4 Å². The standard InChI is InChI=1S/C16H11FN2O4/c17-12-7-3-1-5-10(12)15-18-16(23-19-15)11-6-2-4-8-13(11)22-9-14(20)21/h1-8H,9H2,(H,20,21). The number of hydrogen-bond donors (Lipinski definition) is 1. The van der Waals surface area contributed by atoms with Crippen LogP contribution in [0.5, 0.6) is 5.75 Å². The fraction of sp³-hybridized carbons (Fsp3) is 0.0625. The zero-order chi connectivity index (χ0) is 16.2. The zero-order valence-corrected chi connectivity index (χ0v) is 11.8. The molecule has 23 heavy (non-hydrogen) atoms. The SMILES string of the molecule is O=C(O)COc1ccccc1-c1nc(-c2ccccc2F)no1. The van der Waals surface area contributed by atoms with Crippen LogP contribution >= 0.6 is 0 Å². The van der Waals surface area contributed by atoms with Crippen LogP contribution in [-0.2, 0) is 4.79 Å². The molecule has 0 radical (unpaired) electrons. The number of rotatable bonds is 5. The zero-order valence-electron chi connectivity index (χ0n) is 11.8. The van der Waals surface area contributed by atoms with Gasteiger partial charge in [0.15, 0.2) is 6.61 Å². The van der Waals surface area contributed by atoms with Gasteiger partial charge in [-0.15, -0.1) is 0 Å². The normalized spacial score (nSPS) is 10.5. The van der Waals surface area contributed by atoms with Crippen molar-refractivity contribution >= 4 is 5.97 Å². The molecule has 0 saturated carbocycles. The largest absolute Gasteiger partial charge is 0.481 e. The van der Waals surface area contributed by atoms with Crippen molar-refractivity contribution in [1.82, 2.24) is 10.1 Å². The van der Waals surface area contributed by atoms with Crippen LogP contribution in [-0.4, -0.2) is 27.8 Å². The van der Waals surface area contributed by atoms with E-state index in [1.54, 1.807) is 36.4 Å². The average Bonchev–Trinajstić information content (AvgIpc) is 3.03. The molecule has 0 aliphatic carbocycles. The van der Waals surface area contributed by atoms with Crippen molar-refractivity contribution in [3.63, 3.8) is 0 Å². The Morgan fingerprint density at radius 3 is 2.57 bits per heavy atom. The maximum atomic E-state index is 13.8. The van der Waals surface area contributed by atoms with E-state index in [9.17, 15) is 9.18 Å². The van der Waals surface area contributed by atoms with E-state index >= 15 is 0 Å². The van der Waals surface area contributed by atoms with Crippen LogP contribution in [0.15, 0.2) is 53.1 Å². The number of carboxylic acid groups (broad SMARTS) is 1. The average molecular weight is 314 g/mol. The summed E-state index contributed by atoms with van der Waals surface area (Å²) in [5, 5.41) is 12.5. The number of nitrogens with zero attached hydrogens (tertiary/aromatic N) is 2. The number of ether oxygens (including phenoxy) is 1. The molecule has 0 bridgehead atoms. The first kappa shape index (κ1) is 14.7. The molecule has 3 rings (SSSR count). The van der Waals surface area contributed by atoms with Crippen molar-refractivity contribution < 1.29 is 23.6 Å². The fourth-order valence-electron chi connectivity index (χ4n) is 1.99. The highest BCUT2D eigenvalue weighted by Crippen LogP contribution is 2.30. The quantitative estimate of drug-likeness (QED) is 0.779. The molecule has 7 heteroatoms. The monoisotopic (exact) mass is 314 g/mol. The highest BCUT2D eigenvalue weighted by molar-refractivity contribution is 5.70. The van der Waals surface area contributed by atoms with Crippen LogP contribution in [0.25, 0.3) is 22.8 Å². The predicted molar refractivity (Wildman–Crippen MR) is 78.3 cm³/mol. The van der Waals surface area contributed by atoms with Crippen LogP contribution < -0.4 is 4.74 Å². The van der Waals surface area contributed by atoms with Crippen LogP contribution in [0.4, 0.5) is 4.39 Å². The van der Waals surface area contributed by atoms with Gasteiger partial charge < -0.3 is 14.4 Å². The van der Waals surface area contributed by atoms with E-state index in [0.29, 0.717) is 11.3 Å². The fourth-order valence-corrected chi connectivity index (χ4v) is 1.99. The minimum Gasteiger partial charge on any atom is -0.481 e. The van der Waals surface area contributed by atoms with E-state index in [1.807, 2.05) is 0 Å². The molecule has 3 aromatic rings. The van der Waals surface area contributed by atoms with E-state index in [2.05, 4.69) is 10.1 Å². The Balaban J connectivity index is 1.95. The summed E-state index contributed by atoms with van der Waals surface area (Å²) in [5.41, 5.74) is 0.648. The third-order valence-corrected chi connectivity index (χ3v) is 3.01. The molecule has 0 amide bonds. The van der Waals surface area contributed by atoms with E-state index in [0.717, 1.165) is 0 Å². The summed E-state index contributed by atoms with van der Waals surface area (Å²) in [6.07, 6.45) is 0. The van der Waals surface area contributed by atoms with Crippen molar-refractivity contribution in [2.75, 3.05) is 6.61 Å². The number of carbonyl (C=O) groups is 1. The molecular formula is C16H11FN2O4. The van der Waals surface area contributed by atoms with Gasteiger partial charge in [0, 0.05) is 0 Å². The van der Waals surface area contributed by atoms with E-state index in [1.165, 1.54) is 12.1 Å². The van der Waals surface area contributed by atoms with Gasteiger partial charge in [0.2, 0.25) is 5.82 Å². The molecule has 0 aliphatic heterocycles. The van der Waals surface area contributed by atoms with Crippen molar-refractivity contribution in [1.29, 1.82) is 0 Å². The summed E-state index contributed by atoms with van der Waals surface area (Å²) in [6.45, 7) is -0.495. The Bertz CT molecular complexity index is 847. The van der Waals surface area contributed by atoms with Gasteiger partial charge in [-0.2, -0.15) is 4.98 Å². The Morgan fingerprint density at radius 1 is 1.13 bits per heavy atom. The third kappa shape index (κ3) is 3.18. The highest BCUT2D eigenvalue weighted by atomic mass is 19.1. The summed E-state index contributed by atoms with van der Waals surface area (Å²) in [7, 11) is 0. The number of benzene rings is 2. The van der Waals surface area contributed by atoms with Crippen molar-refractivity contribution in [2.45, 2.75) is 0 Å². The lowest BCUT2D eigenvalue weighted by Crippen LogP contribution is -2.09. The Labute approximate surface area is 130 Å². The van der Waals surface area contributed by atoms with Crippen LogP contribution in [0, 0.1) is 5.82 Å². The van der Waals surface area contributed by atoms with Gasteiger partial charge in [0.25, 0.3) is 5.89 Å². The number of para-hydroxylation sites is 1.